The Morgan fingerprint density at radius 3 is 2.67 bits per heavy atom. The van der Waals surface area contributed by atoms with Crippen LogP contribution < -0.4 is 0 Å². The summed E-state index contributed by atoms with van der Waals surface area (Å²) in [6.45, 7) is 1.62. The second-order valence-electron chi connectivity index (χ2n) is 3.79. The Morgan fingerprint density at radius 2 is 2.11 bits per heavy atom. The molecule has 0 saturated heterocycles. The lowest BCUT2D eigenvalue weighted by Gasteiger charge is -2.04. The number of nitrogens with zero attached hydrogens (tertiary/aromatic N) is 1. The molecule has 0 spiro atoms. The number of thiazole rings is 1. The van der Waals surface area contributed by atoms with Crippen LogP contribution in [-0.2, 0) is 11.0 Å². The first-order valence-corrected chi connectivity index (χ1v) is 6.26. The molecule has 0 aliphatic carbocycles. The van der Waals surface area contributed by atoms with Crippen LogP contribution in [-0.4, -0.2) is 10.1 Å². The summed E-state index contributed by atoms with van der Waals surface area (Å²) in [5, 5.41) is 0.120. The standard InChI is InChI=1S/C11H8F3NOS2/c1-5(10(16)17)9-15-7-4-6(11(12,13)14)2-3-8(7)18-9/h2-5H,1H3,(H,16,17). The van der Waals surface area contributed by atoms with Crippen LogP contribution in [0.5, 0.6) is 0 Å². The number of rotatable bonds is 2. The predicted octanol–water partition coefficient (Wildman–Crippen LogP) is 3.88. The minimum Gasteiger partial charge on any atom is -0.287 e. The minimum atomic E-state index is -4.39. The van der Waals surface area contributed by atoms with Gasteiger partial charge in [-0.15, -0.1) is 24.0 Å². The van der Waals surface area contributed by atoms with Crippen molar-refractivity contribution in [2.45, 2.75) is 19.0 Å². The van der Waals surface area contributed by atoms with Crippen molar-refractivity contribution >= 4 is 39.3 Å². The molecule has 1 unspecified atom stereocenters. The van der Waals surface area contributed by atoms with Gasteiger partial charge in [0.15, 0.2) is 5.12 Å². The summed E-state index contributed by atoms with van der Waals surface area (Å²) in [5.74, 6) is -0.514. The van der Waals surface area contributed by atoms with Crippen molar-refractivity contribution in [2.75, 3.05) is 0 Å². The van der Waals surface area contributed by atoms with E-state index in [1.165, 1.54) is 17.4 Å². The van der Waals surface area contributed by atoms with Crippen LogP contribution in [0.2, 0.25) is 0 Å². The number of hydrogen-bond donors (Lipinski definition) is 1. The molecule has 0 N–H and O–H groups in total. The molecule has 7 heteroatoms. The summed E-state index contributed by atoms with van der Waals surface area (Å²) in [5.41, 5.74) is -0.483. The van der Waals surface area contributed by atoms with Crippen molar-refractivity contribution in [1.29, 1.82) is 0 Å². The molecule has 0 amide bonds. The zero-order chi connectivity index (χ0) is 13.5. The highest BCUT2D eigenvalue weighted by Crippen LogP contribution is 2.34. The van der Waals surface area contributed by atoms with Crippen LogP contribution in [0.3, 0.4) is 0 Å². The molecule has 1 atom stereocenters. The predicted molar refractivity (Wildman–Crippen MR) is 67.0 cm³/mol. The summed E-state index contributed by atoms with van der Waals surface area (Å²) >= 11 is 4.90. The SMILES string of the molecule is CC(C(=O)S)c1nc2cc(C(F)(F)F)ccc2s1. The minimum absolute atomic E-state index is 0.256. The molecule has 0 aliphatic heterocycles. The van der Waals surface area contributed by atoms with Crippen LogP contribution in [0, 0.1) is 0 Å². The van der Waals surface area contributed by atoms with Crippen molar-refractivity contribution < 1.29 is 18.0 Å². The van der Waals surface area contributed by atoms with Gasteiger partial charge < -0.3 is 0 Å². The van der Waals surface area contributed by atoms with Crippen molar-refractivity contribution in [2.24, 2.45) is 0 Å². The zero-order valence-electron chi connectivity index (χ0n) is 9.15. The van der Waals surface area contributed by atoms with Gasteiger partial charge in [-0.1, -0.05) is 0 Å². The van der Waals surface area contributed by atoms with Crippen LogP contribution in [0.15, 0.2) is 18.2 Å². The van der Waals surface area contributed by atoms with E-state index < -0.39 is 17.7 Å². The fourth-order valence-corrected chi connectivity index (χ4v) is 2.62. The van der Waals surface area contributed by atoms with Gasteiger partial charge in [0, 0.05) is 0 Å². The highest BCUT2D eigenvalue weighted by atomic mass is 32.1. The summed E-state index contributed by atoms with van der Waals surface area (Å²) in [7, 11) is 0. The topological polar surface area (TPSA) is 30.0 Å². The number of carbonyl (C=O) groups excluding carboxylic acids is 1. The molecule has 2 rings (SSSR count). The number of carbonyl (C=O) groups is 1. The van der Waals surface area contributed by atoms with Gasteiger partial charge in [-0.25, -0.2) is 4.98 Å². The van der Waals surface area contributed by atoms with E-state index in [-0.39, 0.29) is 10.6 Å². The first-order chi connectivity index (χ1) is 8.29. The maximum atomic E-state index is 12.5. The lowest BCUT2D eigenvalue weighted by atomic mass is 10.2. The van der Waals surface area contributed by atoms with E-state index in [2.05, 4.69) is 17.6 Å². The Labute approximate surface area is 110 Å². The molecule has 0 saturated carbocycles. The van der Waals surface area contributed by atoms with E-state index in [4.69, 9.17) is 0 Å². The van der Waals surface area contributed by atoms with E-state index >= 15 is 0 Å². The summed E-state index contributed by atoms with van der Waals surface area (Å²) in [4.78, 5) is 15.2. The molecular formula is C11H8F3NOS2. The van der Waals surface area contributed by atoms with Gasteiger partial charge in [0.05, 0.1) is 21.7 Å². The van der Waals surface area contributed by atoms with Gasteiger partial charge in [0.1, 0.15) is 5.01 Å². The van der Waals surface area contributed by atoms with E-state index in [0.717, 1.165) is 12.1 Å². The maximum absolute atomic E-state index is 12.5. The summed E-state index contributed by atoms with van der Waals surface area (Å²) in [6, 6.07) is 3.37. The number of halogens is 3. The molecular weight excluding hydrogens is 283 g/mol. The van der Waals surface area contributed by atoms with Gasteiger partial charge in [-0.2, -0.15) is 13.2 Å². The van der Waals surface area contributed by atoms with E-state index in [1.54, 1.807) is 6.92 Å². The Hall–Kier alpha value is -1.08. The molecule has 96 valence electrons. The molecule has 1 heterocycles. The van der Waals surface area contributed by atoms with Crippen LogP contribution in [0.4, 0.5) is 13.2 Å². The molecule has 2 aromatic rings. The first kappa shape index (κ1) is 13.4. The third-order valence-electron chi connectivity index (χ3n) is 2.47. The zero-order valence-corrected chi connectivity index (χ0v) is 10.9. The van der Waals surface area contributed by atoms with Crippen molar-refractivity contribution in [3.63, 3.8) is 0 Å². The van der Waals surface area contributed by atoms with Gasteiger partial charge >= 0.3 is 6.18 Å². The van der Waals surface area contributed by atoms with Gasteiger partial charge in [0.2, 0.25) is 0 Å². The van der Waals surface area contributed by atoms with Crippen molar-refractivity contribution in [3.8, 4) is 0 Å². The highest BCUT2D eigenvalue weighted by Gasteiger charge is 2.31. The summed E-state index contributed by atoms with van der Waals surface area (Å²) in [6.07, 6.45) is -4.39. The quantitative estimate of drug-likeness (QED) is 0.851. The highest BCUT2D eigenvalue weighted by molar-refractivity contribution is 7.96. The third-order valence-corrected chi connectivity index (χ3v) is 4.08. The monoisotopic (exact) mass is 291 g/mol. The first-order valence-electron chi connectivity index (χ1n) is 4.99. The lowest BCUT2D eigenvalue weighted by molar-refractivity contribution is -0.137. The summed E-state index contributed by atoms with van der Waals surface area (Å²) < 4.78 is 38.2. The Balaban J connectivity index is 2.49. The maximum Gasteiger partial charge on any atom is 0.416 e. The van der Waals surface area contributed by atoms with Gasteiger partial charge in [-0.3, -0.25) is 4.79 Å². The average Bonchev–Trinajstić information content (AvgIpc) is 2.68. The average molecular weight is 291 g/mol. The number of thiol groups is 1. The second kappa shape index (κ2) is 4.55. The number of alkyl halides is 3. The normalized spacial score (nSPS) is 13.8. The van der Waals surface area contributed by atoms with Crippen LogP contribution in [0.25, 0.3) is 10.2 Å². The fraction of sp³-hybridized carbons (Fsp3) is 0.273. The smallest absolute Gasteiger partial charge is 0.287 e. The molecule has 1 aromatic heterocycles. The van der Waals surface area contributed by atoms with Crippen molar-refractivity contribution in [3.05, 3.63) is 28.8 Å². The third kappa shape index (κ3) is 2.51. The number of benzene rings is 1. The molecule has 18 heavy (non-hydrogen) atoms. The second-order valence-corrected chi connectivity index (χ2v) is 5.30. The molecule has 0 aliphatic rings. The number of fused-ring (bicyclic) bond motifs is 1. The Bertz CT molecular complexity index is 606. The molecule has 0 radical (unpaired) electrons. The largest absolute Gasteiger partial charge is 0.416 e. The number of hydrogen-bond acceptors (Lipinski definition) is 3. The van der Waals surface area contributed by atoms with Gasteiger partial charge in [0.25, 0.3) is 0 Å². The fourth-order valence-electron chi connectivity index (χ4n) is 1.41. The van der Waals surface area contributed by atoms with Crippen LogP contribution in [0.1, 0.15) is 23.4 Å². The lowest BCUT2D eigenvalue weighted by Crippen LogP contribution is -2.04. The molecule has 0 bridgehead atoms. The molecule has 1 aromatic carbocycles. The van der Waals surface area contributed by atoms with Crippen LogP contribution >= 0.6 is 24.0 Å². The van der Waals surface area contributed by atoms with Crippen molar-refractivity contribution in [1.82, 2.24) is 4.98 Å². The Kier molecular flexibility index (Phi) is 3.37. The molecule has 2 nitrogen and oxygen atoms in total. The molecule has 0 fully saturated rings. The van der Waals surface area contributed by atoms with E-state index in [9.17, 15) is 18.0 Å². The van der Waals surface area contributed by atoms with E-state index in [1.807, 2.05) is 0 Å². The van der Waals surface area contributed by atoms with E-state index in [0.29, 0.717) is 9.71 Å². The van der Waals surface area contributed by atoms with Gasteiger partial charge in [-0.05, 0) is 25.1 Å². The number of aromatic nitrogens is 1. The Morgan fingerprint density at radius 1 is 1.44 bits per heavy atom.